The van der Waals surface area contributed by atoms with Crippen molar-refractivity contribution >= 4 is 33.4 Å². The normalized spacial score (nSPS) is 15.1. The summed E-state index contributed by atoms with van der Waals surface area (Å²) >= 11 is 1.41. The van der Waals surface area contributed by atoms with E-state index in [4.69, 9.17) is 4.74 Å². The SMILES string of the molecule is COc1ccc(SCC(=O)Nc2ccc(C)c(S(=O)(=O)N3CCCCC3)c2)cc1. The molecule has 156 valence electrons. The molecule has 1 aliphatic rings. The van der Waals surface area contributed by atoms with Gasteiger partial charge >= 0.3 is 0 Å². The summed E-state index contributed by atoms with van der Waals surface area (Å²) in [6.45, 7) is 2.88. The molecule has 0 bridgehead atoms. The molecular weight excluding hydrogens is 408 g/mol. The van der Waals surface area contributed by atoms with Crippen LogP contribution in [0.4, 0.5) is 5.69 Å². The summed E-state index contributed by atoms with van der Waals surface area (Å²) in [4.78, 5) is 13.6. The van der Waals surface area contributed by atoms with Crippen molar-refractivity contribution in [2.24, 2.45) is 0 Å². The molecule has 0 spiro atoms. The second-order valence-corrected chi connectivity index (χ2v) is 9.91. The Morgan fingerprint density at radius 2 is 1.79 bits per heavy atom. The van der Waals surface area contributed by atoms with Crippen LogP contribution in [0.3, 0.4) is 0 Å². The highest BCUT2D eigenvalue weighted by molar-refractivity contribution is 8.00. The fourth-order valence-corrected chi connectivity index (χ4v) is 5.68. The molecule has 8 heteroatoms. The van der Waals surface area contributed by atoms with E-state index in [1.54, 1.807) is 36.5 Å². The van der Waals surface area contributed by atoms with Crippen molar-refractivity contribution < 1.29 is 17.9 Å². The van der Waals surface area contributed by atoms with E-state index < -0.39 is 10.0 Å². The van der Waals surface area contributed by atoms with E-state index >= 15 is 0 Å². The number of methoxy groups -OCH3 is 1. The van der Waals surface area contributed by atoms with Gasteiger partial charge in [-0.2, -0.15) is 4.31 Å². The van der Waals surface area contributed by atoms with E-state index in [-0.39, 0.29) is 16.6 Å². The number of sulfonamides is 1. The van der Waals surface area contributed by atoms with Crippen LogP contribution in [0.15, 0.2) is 52.3 Å². The lowest BCUT2D eigenvalue weighted by atomic mass is 10.2. The van der Waals surface area contributed by atoms with Crippen LogP contribution >= 0.6 is 11.8 Å². The van der Waals surface area contributed by atoms with E-state index in [2.05, 4.69) is 5.32 Å². The number of nitrogens with one attached hydrogen (secondary N) is 1. The van der Waals surface area contributed by atoms with Gasteiger partial charge in [0.25, 0.3) is 0 Å². The molecule has 0 unspecified atom stereocenters. The van der Waals surface area contributed by atoms with Gasteiger partial charge in [0.2, 0.25) is 15.9 Å². The van der Waals surface area contributed by atoms with E-state index in [0.717, 1.165) is 29.9 Å². The van der Waals surface area contributed by atoms with Crippen LogP contribution in [-0.2, 0) is 14.8 Å². The van der Waals surface area contributed by atoms with E-state index in [1.807, 2.05) is 24.3 Å². The van der Waals surface area contributed by atoms with Crippen molar-refractivity contribution in [2.45, 2.75) is 36.0 Å². The molecule has 1 aliphatic heterocycles. The van der Waals surface area contributed by atoms with Crippen molar-refractivity contribution in [1.82, 2.24) is 4.31 Å². The van der Waals surface area contributed by atoms with Crippen molar-refractivity contribution in [2.75, 3.05) is 31.3 Å². The predicted molar refractivity (Wildman–Crippen MR) is 116 cm³/mol. The van der Waals surface area contributed by atoms with Crippen molar-refractivity contribution in [3.8, 4) is 5.75 Å². The maximum absolute atomic E-state index is 13.0. The molecule has 0 aliphatic carbocycles. The van der Waals surface area contributed by atoms with Gasteiger partial charge in [0, 0.05) is 23.7 Å². The molecule has 1 N–H and O–H groups in total. The minimum Gasteiger partial charge on any atom is -0.497 e. The summed E-state index contributed by atoms with van der Waals surface area (Å²) in [6, 6.07) is 12.5. The van der Waals surface area contributed by atoms with Crippen LogP contribution in [0.1, 0.15) is 24.8 Å². The van der Waals surface area contributed by atoms with Gasteiger partial charge in [-0.25, -0.2) is 8.42 Å². The molecule has 1 saturated heterocycles. The number of ether oxygens (including phenoxy) is 1. The fourth-order valence-electron chi connectivity index (χ4n) is 3.22. The number of carbonyl (C=O) groups is 1. The average Bonchev–Trinajstić information content (AvgIpc) is 2.74. The van der Waals surface area contributed by atoms with Crippen LogP contribution in [0.5, 0.6) is 5.75 Å². The lowest BCUT2D eigenvalue weighted by Gasteiger charge is -2.26. The first-order chi connectivity index (χ1) is 13.9. The Kier molecular flexibility index (Phi) is 7.21. The van der Waals surface area contributed by atoms with Gasteiger partial charge in [-0.1, -0.05) is 12.5 Å². The minimum atomic E-state index is -3.55. The standard InChI is InChI=1S/C21H26N2O4S2/c1-16-6-7-17(14-20(16)29(25,26)23-12-4-3-5-13-23)22-21(24)15-28-19-10-8-18(27-2)9-11-19/h6-11,14H,3-5,12-13,15H2,1-2H3,(H,22,24). The zero-order valence-electron chi connectivity index (χ0n) is 16.7. The number of rotatable bonds is 7. The molecule has 6 nitrogen and oxygen atoms in total. The molecule has 2 aromatic carbocycles. The number of amides is 1. The van der Waals surface area contributed by atoms with Crippen molar-refractivity contribution in [3.05, 3.63) is 48.0 Å². The van der Waals surface area contributed by atoms with E-state index in [9.17, 15) is 13.2 Å². The number of hydrogen-bond donors (Lipinski definition) is 1. The minimum absolute atomic E-state index is 0.184. The zero-order chi connectivity index (χ0) is 20.9. The molecule has 1 heterocycles. The lowest BCUT2D eigenvalue weighted by molar-refractivity contribution is -0.113. The fraction of sp³-hybridized carbons (Fsp3) is 0.381. The number of piperidine rings is 1. The van der Waals surface area contributed by atoms with E-state index in [0.29, 0.717) is 24.3 Å². The highest BCUT2D eigenvalue weighted by Crippen LogP contribution is 2.26. The van der Waals surface area contributed by atoms with Gasteiger partial charge in [-0.05, 0) is 61.7 Å². The van der Waals surface area contributed by atoms with Crippen LogP contribution in [0.25, 0.3) is 0 Å². The van der Waals surface area contributed by atoms with Gasteiger partial charge in [-0.15, -0.1) is 11.8 Å². The van der Waals surface area contributed by atoms with Gasteiger partial charge in [-0.3, -0.25) is 4.79 Å². The van der Waals surface area contributed by atoms with Crippen LogP contribution in [0.2, 0.25) is 0 Å². The maximum Gasteiger partial charge on any atom is 0.243 e. The van der Waals surface area contributed by atoms with Crippen LogP contribution in [-0.4, -0.2) is 44.6 Å². The molecular formula is C21H26N2O4S2. The Morgan fingerprint density at radius 1 is 1.10 bits per heavy atom. The topological polar surface area (TPSA) is 75.7 Å². The Balaban J connectivity index is 1.66. The van der Waals surface area contributed by atoms with Gasteiger partial charge in [0.15, 0.2) is 0 Å². The Labute approximate surface area is 176 Å². The highest BCUT2D eigenvalue weighted by Gasteiger charge is 2.27. The first kappa shape index (κ1) is 21.7. The average molecular weight is 435 g/mol. The Hall–Kier alpha value is -2.03. The maximum atomic E-state index is 13.0. The smallest absolute Gasteiger partial charge is 0.243 e. The summed E-state index contributed by atoms with van der Waals surface area (Å²) in [5.41, 5.74) is 1.17. The zero-order valence-corrected chi connectivity index (χ0v) is 18.3. The van der Waals surface area contributed by atoms with Crippen molar-refractivity contribution in [3.63, 3.8) is 0 Å². The Bertz CT molecular complexity index is 953. The third kappa shape index (κ3) is 5.52. The van der Waals surface area contributed by atoms with Crippen LogP contribution in [0, 0.1) is 6.92 Å². The molecule has 0 saturated carbocycles. The highest BCUT2D eigenvalue weighted by atomic mass is 32.2. The molecule has 2 aromatic rings. The number of benzene rings is 2. The second-order valence-electron chi connectivity index (χ2n) is 6.96. The van der Waals surface area contributed by atoms with Gasteiger partial charge in [0.05, 0.1) is 17.8 Å². The van der Waals surface area contributed by atoms with Crippen LogP contribution < -0.4 is 10.1 Å². The summed E-state index contributed by atoms with van der Waals surface area (Å²) in [5.74, 6) is 0.811. The Morgan fingerprint density at radius 3 is 2.45 bits per heavy atom. The summed E-state index contributed by atoms with van der Waals surface area (Å²) in [7, 11) is -1.94. The first-order valence-electron chi connectivity index (χ1n) is 9.57. The monoisotopic (exact) mass is 434 g/mol. The van der Waals surface area contributed by atoms with Gasteiger partial charge in [0.1, 0.15) is 5.75 Å². The number of nitrogens with zero attached hydrogens (tertiary/aromatic N) is 1. The molecule has 0 radical (unpaired) electrons. The molecule has 1 amide bonds. The number of aryl methyl sites for hydroxylation is 1. The molecule has 0 atom stereocenters. The molecule has 0 aromatic heterocycles. The van der Waals surface area contributed by atoms with E-state index in [1.165, 1.54) is 11.8 Å². The molecule has 1 fully saturated rings. The number of thioether (sulfide) groups is 1. The molecule has 29 heavy (non-hydrogen) atoms. The quantitative estimate of drug-likeness (QED) is 0.669. The first-order valence-corrected chi connectivity index (χ1v) is 12.0. The third-order valence-electron chi connectivity index (χ3n) is 4.83. The summed E-state index contributed by atoms with van der Waals surface area (Å²) < 4.78 is 32.7. The van der Waals surface area contributed by atoms with Gasteiger partial charge < -0.3 is 10.1 Å². The second kappa shape index (κ2) is 9.65. The number of hydrogen-bond acceptors (Lipinski definition) is 5. The summed E-state index contributed by atoms with van der Waals surface area (Å²) in [6.07, 6.45) is 2.83. The largest absolute Gasteiger partial charge is 0.497 e. The number of anilines is 1. The number of carbonyl (C=O) groups excluding carboxylic acids is 1. The predicted octanol–water partition coefficient (Wildman–Crippen LogP) is 3.91. The third-order valence-corrected chi connectivity index (χ3v) is 7.89. The van der Waals surface area contributed by atoms with Crippen molar-refractivity contribution in [1.29, 1.82) is 0 Å². The lowest BCUT2D eigenvalue weighted by Crippen LogP contribution is -2.36. The molecule has 3 rings (SSSR count). The summed E-state index contributed by atoms with van der Waals surface area (Å²) in [5, 5.41) is 2.81.